The second-order valence-corrected chi connectivity index (χ2v) is 4.60. The zero-order valence-corrected chi connectivity index (χ0v) is 11.7. The average molecular weight is 252 g/mol. The predicted octanol–water partition coefficient (Wildman–Crippen LogP) is 4.80. The lowest BCUT2D eigenvalue weighted by atomic mass is 10.1. The van der Waals surface area contributed by atoms with E-state index < -0.39 is 0 Å². The highest BCUT2D eigenvalue weighted by Gasteiger charge is 2.01. The van der Waals surface area contributed by atoms with Gasteiger partial charge in [0.05, 0.1) is 6.61 Å². The van der Waals surface area contributed by atoms with Crippen molar-refractivity contribution in [2.24, 2.45) is 0 Å². The lowest BCUT2D eigenvalue weighted by Gasteiger charge is -2.04. The minimum Gasteiger partial charge on any atom is -0.466 e. The molecule has 0 aromatic heterocycles. The van der Waals surface area contributed by atoms with Gasteiger partial charge in [-0.3, -0.25) is 4.79 Å². The largest absolute Gasteiger partial charge is 0.466 e. The number of allylic oxidation sites excluding steroid dienone is 2. The Morgan fingerprint density at radius 1 is 0.833 bits per heavy atom. The number of carbonyl (C=O) groups is 1. The van der Waals surface area contributed by atoms with Crippen molar-refractivity contribution in [2.75, 3.05) is 6.61 Å². The minimum atomic E-state index is -0.0419. The van der Waals surface area contributed by atoms with Crippen LogP contribution in [0.15, 0.2) is 25.3 Å². The van der Waals surface area contributed by atoms with E-state index in [0.29, 0.717) is 13.0 Å². The molecule has 0 aromatic rings. The third-order valence-electron chi connectivity index (χ3n) is 2.85. The van der Waals surface area contributed by atoms with Crippen LogP contribution < -0.4 is 0 Å². The molecule has 0 unspecified atom stereocenters. The van der Waals surface area contributed by atoms with Gasteiger partial charge >= 0.3 is 5.97 Å². The van der Waals surface area contributed by atoms with E-state index in [1.807, 2.05) is 12.2 Å². The smallest absolute Gasteiger partial charge is 0.305 e. The summed E-state index contributed by atoms with van der Waals surface area (Å²) in [5.74, 6) is -0.0419. The molecule has 0 saturated carbocycles. The summed E-state index contributed by atoms with van der Waals surface area (Å²) in [7, 11) is 0. The van der Waals surface area contributed by atoms with Gasteiger partial charge in [0.15, 0.2) is 0 Å². The summed E-state index contributed by atoms with van der Waals surface area (Å²) < 4.78 is 5.15. The first-order chi connectivity index (χ1) is 8.81. The number of rotatable bonds is 13. The van der Waals surface area contributed by atoms with E-state index in [2.05, 4.69) is 13.2 Å². The zero-order valence-electron chi connectivity index (χ0n) is 11.7. The van der Waals surface area contributed by atoms with Crippen LogP contribution in [0.3, 0.4) is 0 Å². The summed E-state index contributed by atoms with van der Waals surface area (Å²) in [6.45, 7) is 7.92. The minimum absolute atomic E-state index is 0.0419. The first kappa shape index (κ1) is 16.9. The van der Waals surface area contributed by atoms with Crippen LogP contribution in [0, 0.1) is 0 Å². The van der Waals surface area contributed by atoms with Crippen molar-refractivity contribution >= 4 is 5.97 Å². The Kier molecular flexibility index (Phi) is 13.2. The number of ether oxygens (including phenoxy) is 1. The van der Waals surface area contributed by atoms with Gasteiger partial charge in [0.2, 0.25) is 0 Å². The van der Waals surface area contributed by atoms with Crippen molar-refractivity contribution in [3.05, 3.63) is 25.3 Å². The highest BCUT2D eigenvalue weighted by molar-refractivity contribution is 5.69. The molecule has 0 N–H and O–H groups in total. The van der Waals surface area contributed by atoms with Crippen LogP contribution in [-0.4, -0.2) is 12.6 Å². The lowest BCUT2D eigenvalue weighted by Crippen LogP contribution is -2.05. The normalized spacial score (nSPS) is 10.0. The summed E-state index contributed by atoms with van der Waals surface area (Å²) in [6, 6.07) is 0. The molecule has 0 aliphatic heterocycles. The maximum atomic E-state index is 11.4. The van der Waals surface area contributed by atoms with Crippen molar-refractivity contribution in [3.63, 3.8) is 0 Å². The second-order valence-electron chi connectivity index (χ2n) is 4.60. The predicted molar refractivity (Wildman–Crippen MR) is 77.5 cm³/mol. The summed E-state index contributed by atoms with van der Waals surface area (Å²) in [5.41, 5.74) is 0. The molecular weight excluding hydrogens is 224 g/mol. The molecule has 18 heavy (non-hydrogen) atoms. The van der Waals surface area contributed by atoms with Crippen molar-refractivity contribution in [2.45, 2.75) is 64.2 Å². The van der Waals surface area contributed by atoms with E-state index in [-0.39, 0.29) is 5.97 Å². The molecule has 0 atom stereocenters. The molecule has 0 fully saturated rings. The Morgan fingerprint density at radius 3 is 2.06 bits per heavy atom. The molecule has 0 saturated heterocycles. The maximum absolute atomic E-state index is 11.4. The standard InChI is InChI=1S/C16H28O2/c1-3-5-7-9-10-11-12-14-16(17)18-15-13-8-6-4-2/h3-4H,1-2,5-15H2. The van der Waals surface area contributed by atoms with Crippen LogP contribution in [0.2, 0.25) is 0 Å². The van der Waals surface area contributed by atoms with Crippen LogP contribution in [0.1, 0.15) is 64.2 Å². The summed E-state index contributed by atoms with van der Waals surface area (Å²) in [5, 5.41) is 0. The fourth-order valence-corrected chi connectivity index (χ4v) is 1.74. The Labute approximate surface area is 112 Å². The molecule has 104 valence electrons. The van der Waals surface area contributed by atoms with Gasteiger partial charge < -0.3 is 4.74 Å². The van der Waals surface area contributed by atoms with E-state index in [1.165, 1.54) is 19.3 Å². The van der Waals surface area contributed by atoms with E-state index in [0.717, 1.165) is 38.5 Å². The van der Waals surface area contributed by atoms with Crippen molar-refractivity contribution in [3.8, 4) is 0 Å². The second kappa shape index (κ2) is 14.0. The zero-order chi connectivity index (χ0) is 13.5. The monoisotopic (exact) mass is 252 g/mol. The van der Waals surface area contributed by atoms with E-state index in [4.69, 9.17) is 4.74 Å². The SMILES string of the molecule is C=CCCCCCCCC(=O)OCCCCC=C. The highest BCUT2D eigenvalue weighted by atomic mass is 16.5. The molecule has 2 nitrogen and oxygen atoms in total. The van der Waals surface area contributed by atoms with E-state index >= 15 is 0 Å². The molecule has 0 aromatic carbocycles. The lowest BCUT2D eigenvalue weighted by molar-refractivity contribution is -0.143. The van der Waals surface area contributed by atoms with E-state index in [9.17, 15) is 4.79 Å². The van der Waals surface area contributed by atoms with Crippen molar-refractivity contribution in [1.29, 1.82) is 0 Å². The summed E-state index contributed by atoms with van der Waals surface area (Å²) in [6.07, 6.45) is 14.3. The molecule has 0 amide bonds. The van der Waals surface area contributed by atoms with Gasteiger partial charge in [-0.2, -0.15) is 0 Å². The Bertz CT molecular complexity index is 221. The van der Waals surface area contributed by atoms with Crippen LogP contribution >= 0.6 is 0 Å². The van der Waals surface area contributed by atoms with Gasteiger partial charge in [-0.05, 0) is 38.5 Å². The van der Waals surface area contributed by atoms with Gasteiger partial charge in [-0.25, -0.2) is 0 Å². The quantitative estimate of drug-likeness (QED) is 0.267. The first-order valence-corrected chi connectivity index (χ1v) is 7.18. The Balaban J connectivity index is 3.16. The third kappa shape index (κ3) is 13.0. The van der Waals surface area contributed by atoms with Gasteiger partial charge in [0, 0.05) is 6.42 Å². The maximum Gasteiger partial charge on any atom is 0.305 e. The first-order valence-electron chi connectivity index (χ1n) is 7.18. The fraction of sp³-hybridized carbons (Fsp3) is 0.688. The number of esters is 1. The highest BCUT2D eigenvalue weighted by Crippen LogP contribution is 2.08. The molecule has 0 radical (unpaired) electrons. The van der Waals surface area contributed by atoms with Gasteiger partial charge in [0.25, 0.3) is 0 Å². The summed E-state index contributed by atoms with van der Waals surface area (Å²) in [4.78, 5) is 11.4. The van der Waals surface area contributed by atoms with Crippen molar-refractivity contribution < 1.29 is 9.53 Å². The number of hydrogen-bond donors (Lipinski definition) is 0. The molecule has 0 spiro atoms. The third-order valence-corrected chi connectivity index (χ3v) is 2.85. The van der Waals surface area contributed by atoms with Crippen LogP contribution in [0.5, 0.6) is 0 Å². The molecule has 2 heteroatoms. The van der Waals surface area contributed by atoms with Crippen molar-refractivity contribution in [1.82, 2.24) is 0 Å². The molecule has 0 bridgehead atoms. The van der Waals surface area contributed by atoms with Gasteiger partial charge in [-0.1, -0.05) is 31.4 Å². The Morgan fingerprint density at radius 2 is 1.39 bits per heavy atom. The van der Waals surface area contributed by atoms with E-state index in [1.54, 1.807) is 0 Å². The van der Waals surface area contributed by atoms with Gasteiger partial charge in [-0.15, -0.1) is 13.2 Å². The molecule has 0 aliphatic rings. The van der Waals surface area contributed by atoms with Crippen LogP contribution in [0.4, 0.5) is 0 Å². The van der Waals surface area contributed by atoms with Crippen LogP contribution in [-0.2, 0) is 9.53 Å². The van der Waals surface area contributed by atoms with Crippen LogP contribution in [0.25, 0.3) is 0 Å². The summed E-state index contributed by atoms with van der Waals surface area (Å²) >= 11 is 0. The topological polar surface area (TPSA) is 26.3 Å². The Hall–Kier alpha value is -1.05. The molecule has 0 heterocycles. The fourth-order valence-electron chi connectivity index (χ4n) is 1.74. The number of carbonyl (C=O) groups excluding carboxylic acids is 1. The molecule has 0 aliphatic carbocycles. The number of hydrogen-bond acceptors (Lipinski definition) is 2. The average Bonchev–Trinajstić information content (AvgIpc) is 2.37. The van der Waals surface area contributed by atoms with Gasteiger partial charge in [0.1, 0.15) is 0 Å². The molecule has 0 rings (SSSR count). The molecular formula is C16H28O2. The number of unbranched alkanes of at least 4 members (excludes halogenated alkanes) is 7.